The van der Waals surface area contributed by atoms with E-state index in [1.807, 2.05) is 0 Å². The summed E-state index contributed by atoms with van der Waals surface area (Å²) in [5, 5.41) is 0. The molecule has 0 unspecified atom stereocenters. The van der Waals surface area contributed by atoms with Crippen LogP contribution in [0.5, 0.6) is 0 Å². The fourth-order valence-electron chi connectivity index (χ4n) is 0.136. The number of hydrogen-bond donors (Lipinski definition) is 3. The molecule has 0 aliphatic rings. The van der Waals surface area contributed by atoms with E-state index in [1.54, 1.807) is 0 Å². The van der Waals surface area contributed by atoms with Gasteiger partial charge in [-0.2, -0.15) is 5.48 Å². The van der Waals surface area contributed by atoms with Crippen LogP contribution < -0.4 is 16.9 Å². The molecule has 0 aliphatic heterocycles. The molecule has 0 rings (SSSR count). The lowest BCUT2D eigenvalue weighted by molar-refractivity contribution is 0.0644. The fraction of sp³-hybridized carbons (Fsp3) is 1.00. The van der Waals surface area contributed by atoms with Crippen molar-refractivity contribution in [3.8, 4) is 0 Å². The van der Waals surface area contributed by atoms with Crippen molar-refractivity contribution in [2.75, 3.05) is 7.11 Å². The molecule has 6 heavy (non-hydrogen) atoms. The van der Waals surface area contributed by atoms with Crippen molar-refractivity contribution >= 4 is 0 Å². The van der Waals surface area contributed by atoms with E-state index >= 15 is 0 Å². The van der Waals surface area contributed by atoms with Crippen molar-refractivity contribution < 1.29 is 4.84 Å². The molecular formula is C2H9N3O. The summed E-state index contributed by atoms with van der Waals surface area (Å²) < 4.78 is 0. The van der Waals surface area contributed by atoms with E-state index in [1.165, 1.54) is 7.11 Å². The first-order chi connectivity index (χ1) is 2.77. The highest BCUT2D eigenvalue weighted by atomic mass is 16.6. The van der Waals surface area contributed by atoms with Crippen LogP contribution in [0.2, 0.25) is 0 Å². The van der Waals surface area contributed by atoms with Gasteiger partial charge in [0.15, 0.2) is 0 Å². The van der Waals surface area contributed by atoms with Crippen molar-refractivity contribution in [1.29, 1.82) is 0 Å². The van der Waals surface area contributed by atoms with Crippen molar-refractivity contribution in [2.45, 2.75) is 6.29 Å². The quantitative estimate of drug-likeness (QED) is 0.281. The molecule has 0 aromatic rings. The Hall–Kier alpha value is -0.160. The lowest BCUT2D eigenvalue weighted by Crippen LogP contribution is -2.44. The highest BCUT2D eigenvalue weighted by molar-refractivity contribution is 4.30. The Labute approximate surface area is 36.4 Å². The minimum absolute atomic E-state index is 0.574. The average Bonchev–Trinajstić information content (AvgIpc) is 1.35. The van der Waals surface area contributed by atoms with Gasteiger partial charge in [0.05, 0.1) is 7.11 Å². The number of hydrogen-bond acceptors (Lipinski definition) is 4. The second-order valence-corrected chi connectivity index (χ2v) is 0.848. The molecule has 0 aromatic carbocycles. The molecule has 0 radical (unpaired) electrons. The van der Waals surface area contributed by atoms with Crippen LogP contribution >= 0.6 is 0 Å². The first-order valence-electron chi connectivity index (χ1n) is 1.57. The molecule has 4 nitrogen and oxygen atoms in total. The van der Waals surface area contributed by atoms with Gasteiger partial charge in [-0.1, -0.05) is 0 Å². The molecule has 38 valence electrons. The van der Waals surface area contributed by atoms with Crippen molar-refractivity contribution in [3.05, 3.63) is 0 Å². The summed E-state index contributed by atoms with van der Waals surface area (Å²) in [7, 11) is 1.45. The molecule has 0 atom stereocenters. The Morgan fingerprint density at radius 2 is 2.17 bits per heavy atom. The molecule has 0 aliphatic carbocycles. The summed E-state index contributed by atoms with van der Waals surface area (Å²) in [6, 6.07) is 0. The molecule has 0 saturated carbocycles. The third-order valence-electron chi connectivity index (χ3n) is 0.254. The largest absolute Gasteiger partial charge is 0.302 e. The van der Waals surface area contributed by atoms with Crippen LogP contribution in [0.25, 0.3) is 0 Å². The van der Waals surface area contributed by atoms with E-state index in [9.17, 15) is 0 Å². The van der Waals surface area contributed by atoms with Gasteiger partial charge >= 0.3 is 0 Å². The van der Waals surface area contributed by atoms with Crippen LogP contribution in [0.3, 0.4) is 0 Å². The van der Waals surface area contributed by atoms with Gasteiger partial charge < -0.3 is 16.3 Å². The lowest BCUT2D eigenvalue weighted by atomic mass is 11.0. The summed E-state index contributed by atoms with van der Waals surface area (Å²) in [6.07, 6.45) is -0.574. The molecule has 0 spiro atoms. The standard InChI is InChI=1S/C2H9N3O/c1-6-5-2(3)4/h2,5H,3-4H2,1H3. The SMILES string of the molecule is CONC(N)N. The van der Waals surface area contributed by atoms with Crippen LogP contribution in [-0.2, 0) is 4.84 Å². The first-order valence-corrected chi connectivity index (χ1v) is 1.57. The molecule has 4 heteroatoms. The van der Waals surface area contributed by atoms with Gasteiger partial charge in [0.2, 0.25) is 0 Å². The maximum atomic E-state index is 4.94. The molecule has 0 amide bonds. The molecular weight excluding hydrogens is 82.0 g/mol. The van der Waals surface area contributed by atoms with Gasteiger partial charge in [-0.15, -0.1) is 0 Å². The minimum Gasteiger partial charge on any atom is -0.302 e. The average molecular weight is 91.1 g/mol. The van der Waals surface area contributed by atoms with E-state index in [2.05, 4.69) is 10.3 Å². The van der Waals surface area contributed by atoms with Gasteiger partial charge in [-0.25, -0.2) is 0 Å². The third kappa shape index (κ3) is 3.84. The van der Waals surface area contributed by atoms with Crippen LogP contribution in [0.15, 0.2) is 0 Å². The fourth-order valence-corrected chi connectivity index (χ4v) is 0.136. The maximum absolute atomic E-state index is 4.94. The van der Waals surface area contributed by atoms with E-state index in [0.29, 0.717) is 0 Å². The predicted molar refractivity (Wildman–Crippen MR) is 22.3 cm³/mol. The minimum atomic E-state index is -0.574. The smallest absolute Gasteiger partial charge is 0.129 e. The van der Waals surface area contributed by atoms with E-state index in [4.69, 9.17) is 11.5 Å². The summed E-state index contributed by atoms with van der Waals surface area (Å²) >= 11 is 0. The maximum Gasteiger partial charge on any atom is 0.129 e. The molecule has 5 N–H and O–H groups in total. The lowest BCUT2D eigenvalue weighted by Gasteiger charge is -2.01. The van der Waals surface area contributed by atoms with Crippen LogP contribution in [0.4, 0.5) is 0 Å². The zero-order valence-corrected chi connectivity index (χ0v) is 3.64. The van der Waals surface area contributed by atoms with Gasteiger partial charge in [-0.3, -0.25) is 0 Å². The second-order valence-electron chi connectivity index (χ2n) is 0.848. The van der Waals surface area contributed by atoms with Crippen molar-refractivity contribution in [3.63, 3.8) is 0 Å². The summed E-state index contributed by atoms with van der Waals surface area (Å²) in [6.45, 7) is 0. The molecule has 0 aromatic heterocycles. The Bertz CT molecular complexity index is 30.0. The number of rotatable bonds is 2. The predicted octanol–water partition coefficient (Wildman–Crippen LogP) is -1.66. The zero-order chi connectivity index (χ0) is 4.99. The van der Waals surface area contributed by atoms with Crippen molar-refractivity contribution in [2.24, 2.45) is 11.5 Å². The number of nitrogens with one attached hydrogen (secondary N) is 1. The normalized spacial score (nSPS) is 10.0. The van der Waals surface area contributed by atoms with Crippen molar-refractivity contribution in [1.82, 2.24) is 5.48 Å². The van der Waals surface area contributed by atoms with Crippen LogP contribution in [0, 0.1) is 0 Å². The first kappa shape index (κ1) is 5.84. The molecule has 0 saturated heterocycles. The number of nitrogens with two attached hydrogens (primary N) is 2. The van der Waals surface area contributed by atoms with E-state index in [-0.39, 0.29) is 0 Å². The summed E-state index contributed by atoms with van der Waals surface area (Å²) in [5.41, 5.74) is 12.2. The summed E-state index contributed by atoms with van der Waals surface area (Å²) in [5.74, 6) is 0. The van der Waals surface area contributed by atoms with Gasteiger partial charge in [0.1, 0.15) is 6.29 Å². The van der Waals surface area contributed by atoms with E-state index in [0.717, 1.165) is 0 Å². The van der Waals surface area contributed by atoms with Gasteiger partial charge in [-0.05, 0) is 0 Å². The van der Waals surface area contributed by atoms with Gasteiger partial charge in [0, 0.05) is 0 Å². The highest BCUT2D eigenvalue weighted by Crippen LogP contribution is 1.48. The highest BCUT2D eigenvalue weighted by Gasteiger charge is 1.82. The van der Waals surface area contributed by atoms with Gasteiger partial charge in [0.25, 0.3) is 0 Å². The molecule has 0 heterocycles. The second kappa shape index (κ2) is 3.05. The Morgan fingerprint density at radius 1 is 1.67 bits per heavy atom. The molecule has 0 bridgehead atoms. The Balaban J connectivity index is 2.63. The topological polar surface area (TPSA) is 73.3 Å². The third-order valence-corrected chi connectivity index (χ3v) is 0.254. The monoisotopic (exact) mass is 91.1 g/mol. The Morgan fingerprint density at radius 3 is 2.17 bits per heavy atom. The zero-order valence-electron chi connectivity index (χ0n) is 3.64. The number of hydroxylamine groups is 1. The van der Waals surface area contributed by atoms with Crippen LogP contribution in [-0.4, -0.2) is 13.4 Å². The molecule has 0 fully saturated rings. The summed E-state index contributed by atoms with van der Waals surface area (Å²) in [4.78, 5) is 4.30. The van der Waals surface area contributed by atoms with Crippen LogP contribution in [0.1, 0.15) is 0 Å². The Kier molecular flexibility index (Phi) is 2.97. The van der Waals surface area contributed by atoms with E-state index < -0.39 is 6.29 Å².